The lowest BCUT2D eigenvalue weighted by atomic mass is 10.0. The van der Waals surface area contributed by atoms with Gasteiger partial charge in [0, 0.05) is 22.5 Å². The van der Waals surface area contributed by atoms with Crippen LogP contribution in [0.15, 0.2) is 60.7 Å². The lowest BCUT2D eigenvalue weighted by Crippen LogP contribution is -2.33. The average molecular weight is 356 g/mol. The molecule has 3 aromatic carbocycles. The molecule has 1 amide bonds. The predicted octanol–water partition coefficient (Wildman–Crippen LogP) is 5.69. The molecule has 0 spiro atoms. The Labute approximate surface area is 160 Å². The highest BCUT2D eigenvalue weighted by Crippen LogP contribution is 2.40. The average Bonchev–Trinajstić information content (AvgIpc) is 2.91. The Morgan fingerprint density at radius 1 is 0.815 bits per heavy atom. The van der Waals surface area contributed by atoms with E-state index in [1.54, 1.807) is 0 Å². The topological polar surface area (TPSA) is 32.3 Å². The number of rotatable bonds is 3. The minimum Gasteiger partial charge on any atom is -0.361 e. The van der Waals surface area contributed by atoms with Gasteiger partial charge in [-0.25, -0.2) is 0 Å². The number of carbonyl (C=O) groups excluding carboxylic acids is 1. The van der Waals surface area contributed by atoms with Crippen molar-refractivity contribution in [2.45, 2.75) is 33.9 Å². The second kappa shape index (κ2) is 6.58. The molecule has 0 fully saturated rings. The molecule has 136 valence electrons. The number of para-hydroxylation sites is 1. The number of nitrogens with one attached hydrogen (secondary N) is 1. The minimum absolute atomic E-state index is 0.0415. The normalized spacial score (nSPS) is 15.8. The smallest absolute Gasteiger partial charge is 0.260 e. The number of carbonyl (C=O) groups is 1. The lowest BCUT2D eigenvalue weighted by Gasteiger charge is -2.29. The first-order valence-electron chi connectivity index (χ1n) is 9.30. The Hall–Kier alpha value is -3.07. The second-order valence-corrected chi connectivity index (χ2v) is 7.37. The standard InChI is InChI=1S/C24H24N2O/c1-15-13-17(3)22(18(4)14-15)25-23-19-10-6-7-11-20(19)24(27)26(23)21-12-8-5-9-16(21)2/h5-14,23,25H,1-4H3/t23-/m1/s1. The third kappa shape index (κ3) is 2.89. The van der Waals surface area contributed by atoms with E-state index in [1.165, 1.54) is 16.7 Å². The predicted molar refractivity (Wildman–Crippen MR) is 111 cm³/mol. The van der Waals surface area contributed by atoms with Crippen LogP contribution >= 0.6 is 0 Å². The summed E-state index contributed by atoms with van der Waals surface area (Å²) in [5, 5.41) is 3.67. The lowest BCUT2D eigenvalue weighted by molar-refractivity contribution is 0.0992. The Morgan fingerprint density at radius 2 is 1.44 bits per heavy atom. The van der Waals surface area contributed by atoms with Crippen LogP contribution in [-0.4, -0.2) is 5.91 Å². The minimum atomic E-state index is -0.227. The highest BCUT2D eigenvalue weighted by molar-refractivity contribution is 6.11. The Bertz CT molecular complexity index is 1020. The molecule has 27 heavy (non-hydrogen) atoms. The van der Waals surface area contributed by atoms with Crippen molar-refractivity contribution in [1.82, 2.24) is 0 Å². The van der Waals surface area contributed by atoms with E-state index in [-0.39, 0.29) is 12.1 Å². The zero-order valence-corrected chi connectivity index (χ0v) is 16.2. The molecule has 1 aliphatic heterocycles. The maximum Gasteiger partial charge on any atom is 0.260 e. The fourth-order valence-electron chi connectivity index (χ4n) is 4.09. The van der Waals surface area contributed by atoms with Gasteiger partial charge in [-0.2, -0.15) is 0 Å². The number of anilines is 2. The molecule has 0 unspecified atom stereocenters. The molecule has 0 saturated heterocycles. The van der Waals surface area contributed by atoms with Gasteiger partial charge < -0.3 is 5.32 Å². The summed E-state index contributed by atoms with van der Waals surface area (Å²) in [4.78, 5) is 15.1. The van der Waals surface area contributed by atoms with Crippen LogP contribution in [0.5, 0.6) is 0 Å². The van der Waals surface area contributed by atoms with Crippen molar-refractivity contribution in [3.8, 4) is 0 Å². The summed E-state index contributed by atoms with van der Waals surface area (Å²) in [6.07, 6.45) is -0.227. The molecule has 1 atom stereocenters. The van der Waals surface area contributed by atoms with Gasteiger partial charge in [0.1, 0.15) is 6.17 Å². The molecule has 0 radical (unpaired) electrons. The van der Waals surface area contributed by atoms with Gasteiger partial charge in [-0.1, -0.05) is 54.1 Å². The fourth-order valence-corrected chi connectivity index (χ4v) is 4.09. The monoisotopic (exact) mass is 356 g/mol. The number of amides is 1. The molecule has 3 heteroatoms. The summed E-state index contributed by atoms with van der Waals surface area (Å²) in [5.74, 6) is 0.0415. The third-order valence-electron chi connectivity index (χ3n) is 5.30. The van der Waals surface area contributed by atoms with Gasteiger partial charge in [-0.05, 0) is 56.5 Å². The van der Waals surface area contributed by atoms with Gasteiger partial charge in [-0.3, -0.25) is 9.69 Å². The van der Waals surface area contributed by atoms with E-state index < -0.39 is 0 Å². The van der Waals surface area contributed by atoms with Gasteiger partial charge in [0.15, 0.2) is 0 Å². The summed E-state index contributed by atoms with van der Waals surface area (Å²) in [6, 6.07) is 20.3. The van der Waals surface area contributed by atoms with Crippen molar-refractivity contribution < 1.29 is 4.79 Å². The molecule has 3 aromatic rings. The maximum atomic E-state index is 13.3. The largest absolute Gasteiger partial charge is 0.361 e. The van der Waals surface area contributed by atoms with Crippen molar-refractivity contribution in [1.29, 1.82) is 0 Å². The number of aryl methyl sites for hydroxylation is 4. The van der Waals surface area contributed by atoms with Crippen molar-refractivity contribution in [2.24, 2.45) is 0 Å². The van der Waals surface area contributed by atoms with Gasteiger partial charge in [-0.15, -0.1) is 0 Å². The molecule has 1 heterocycles. The quantitative estimate of drug-likeness (QED) is 0.654. The first kappa shape index (κ1) is 17.3. The molecular weight excluding hydrogens is 332 g/mol. The van der Waals surface area contributed by atoms with Crippen LogP contribution in [-0.2, 0) is 0 Å². The van der Waals surface area contributed by atoms with Crippen LogP contribution in [0.4, 0.5) is 11.4 Å². The zero-order chi connectivity index (χ0) is 19.1. The van der Waals surface area contributed by atoms with Crippen LogP contribution < -0.4 is 10.2 Å². The van der Waals surface area contributed by atoms with Crippen LogP contribution in [0, 0.1) is 27.7 Å². The molecule has 0 bridgehead atoms. The van der Waals surface area contributed by atoms with Crippen LogP contribution in [0.2, 0.25) is 0 Å². The summed E-state index contributed by atoms with van der Waals surface area (Å²) in [5.41, 5.74) is 8.53. The van der Waals surface area contributed by atoms with Crippen molar-refractivity contribution in [3.63, 3.8) is 0 Å². The summed E-state index contributed by atoms with van der Waals surface area (Å²) < 4.78 is 0. The first-order chi connectivity index (χ1) is 13.0. The summed E-state index contributed by atoms with van der Waals surface area (Å²) >= 11 is 0. The van der Waals surface area contributed by atoms with Crippen molar-refractivity contribution in [2.75, 3.05) is 10.2 Å². The number of nitrogens with zero attached hydrogens (tertiary/aromatic N) is 1. The number of hydrogen-bond acceptors (Lipinski definition) is 2. The highest BCUT2D eigenvalue weighted by Gasteiger charge is 2.38. The van der Waals surface area contributed by atoms with Crippen LogP contribution in [0.25, 0.3) is 0 Å². The van der Waals surface area contributed by atoms with Crippen LogP contribution in [0.3, 0.4) is 0 Å². The zero-order valence-electron chi connectivity index (χ0n) is 16.2. The molecule has 0 aromatic heterocycles. The molecule has 0 aliphatic carbocycles. The van der Waals surface area contributed by atoms with Crippen molar-refractivity contribution >= 4 is 17.3 Å². The van der Waals surface area contributed by atoms with E-state index in [9.17, 15) is 4.79 Å². The highest BCUT2D eigenvalue weighted by atomic mass is 16.2. The Balaban J connectivity index is 1.85. The van der Waals surface area contributed by atoms with E-state index in [4.69, 9.17) is 0 Å². The van der Waals surface area contributed by atoms with Gasteiger partial charge in [0.2, 0.25) is 0 Å². The molecule has 4 rings (SSSR count). The van der Waals surface area contributed by atoms with E-state index in [2.05, 4.69) is 38.2 Å². The van der Waals surface area contributed by atoms with E-state index in [1.807, 2.05) is 60.4 Å². The molecule has 1 aliphatic rings. The van der Waals surface area contributed by atoms with Gasteiger partial charge >= 0.3 is 0 Å². The first-order valence-corrected chi connectivity index (χ1v) is 9.30. The number of hydrogen-bond donors (Lipinski definition) is 1. The molecular formula is C24H24N2O. The third-order valence-corrected chi connectivity index (χ3v) is 5.30. The number of benzene rings is 3. The van der Waals surface area contributed by atoms with Crippen molar-refractivity contribution in [3.05, 3.63) is 94.0 Å². The van der Waals surface area contributed by atoms with Crippen LogP contribution in [0.1, 0.15) is 44.3 Å². The van der Waals surface area contributed by atoms with E-state index in [0.29, 0.717) is 0 Å². The van der Waals surface area contributed by atoms with E-state index in [0.717, 1.165) is 28.1 Å². The second-order valence-electron chi connectivity index (χ2n) is 7.37. The SMILES string of the molecule is Cc1cc(C)c(N[C@H]2c3ccccc3C(=O)N2c2ccccc2C)c(C)c1. The van der Waals surface area contributed by atoms with Gasteiger partial charge in [0.25, 0.3) is 5.91 Å². The summed E-state index contributed by atoms with van der Waals surface area (Å²) in [7, 11) is 0. The molecule has 3 nitrogen and oxygen atoms in total. The van der Waals surface area contributed by atoms with E-state index >= 15 is 0 Å². The summed E-state index contributed by atoms with van der Waals surface area (Å²) in [6.45, 7) is 8.38. The van der Waals surface area contributed by atoms with Gasteiger partial charge in [0.05, 0.1) is 0 Å². The fraction of sp³-hybridized carbons (Fsp3) is 0.208. The molecule has 0 saturated carbocycles. The maximum absolute atomic E-state index is 13.3. The molecule has 1 N–H and O–H groups in total. The Morgan fingerprint density at radius 3 is 2.15 bits per heavy atom. The number of fused-ring (bicyclic) bond motifs is 1. The Kier molecular flexibility index (Phi) is 4.23.